The summed E-state index contributed by atoms with van der Waals surface area (Å²) in [6.45, 7) is 8.29. The van der Waals surface area contributed by atoms with E-state index in [9.17, 15) is 19.5 Å². The number of carbonyl (C=O) groups excluding carboxylic acids is 3. The van der Waals surface area contributed by atoms with Gasteiger partial charge in [-0.05, 0) is 61.2 Å². The van der Waals surface area contributed by atoms with Crippen LogP contribution in [0.15, 0.2) is 42.0 Å². The Morgan fingerprint density at radius 2 is 1.69 bits per heavy atom. The van der Waals surface area contributed by atoms with Crippen molar-refractivity contribution in [2.24, 2.45) is 5.92 Å². The van der Waals surface area contributed by atoms with E-state index in [-0.39, 0.29) is 45.4 Å². The molecule has 4 rings (SSSR count). The van der Waals surface area contributed by atoms with Gasteiger partial charge < -0.3 is 28.8 Å². The summed E-state index contributed by atoms with van der Waals surface area (Å²) in [5.41, 5.74) is 0.849. The molecule has 1 aromatic heterocycles. The van der Waals surface area contributed by atoms with Gasteiger partial charge in [0, 0.05) is 5.56 Å². The first-order valence-electron chi connectivity index (χ1n) is 14.5. The van der Waals surface area contributed by atoms with Crippen LogP contribution in [-0.4, -0.2) is 62.3 Å². The van der Waals surface area contributed by atoms with Crippen molar-refractivity contribution in [2.75, 3.05) is 39.4 Å². The van der Waals surface area contributed by atoms with Crippen LogP contribution >= 0.6 is 11.3 Å². The lowest BCUT2D eigenvalue weighted by Crippen LogP contribution is -2.29. The number of esters is 1. The standard InChI is InChI=1S/C33H38N2O9S/c1-8-9-14-43-22-12-10-20(11-13-22)27(36)25-26(21-15-23(40-5)29(42-7)24(16-21)41-6)35(31(38)28(25)37)33-34-19(4)30(45-33)32(39)44-17-18(2)3/h10-13,15-16,18,26,36H,8-9,14,17H2,1-7H3/t26-/m0/s1. The molecule has 11 nitrogen and oxygen atoms in total. The van der Waals surface area contributed by atoms with E-state index in [0.29, 0.717) is 34.9 Å². The van der Waals surface area contributed by atoms with Crippen LogP contribution in [0.25, 0.3) is 5.76 Å². The minimum absolute atomic E-state index is 0.0866. The summed E-state index contributed by atoms with van der Waals surface area (Å²) in [6, 6.07) is 8.65. The molecule has 3 aromatic rings. The van der Waals surface area contributed by atoms with Gasteiger partial charge in [0.15, 0.2) is 16.6 Å². The molecule has 1 atom stereocenters. The number of rotatable bonds is 13. The van der Waals surface area contributed by atoms with Crippen molar-refractivity contribution in [1.29, 1.82) is 0 Å². The van der Waals surface area contributed by atoms with Crippen molar-refractivity contribution in [3.05, 3.63) is 63.7 Å². The number of hydrogen-bond donors (Lipinski definition) is 1. The number of anilines is 1. The average molecular weight is 639 g/mol. The molecule has 2 aromatic carbocycles. The number of aliphatic hydroxyl groups excluding tert-OH is 1. The van der Waals surface area contributed by atoms with Crippen LogP contribution in [0.4, 0.5) is 5.13 Å². The molecule has 12 heteroatoms. The molecule has 1 saturated heterocycles. The predicted molar refractivity (Wildman–Crippen MR) is 170 cm³/mol. The van der Waals surface area contributed by atoms with Gasteiger partial charge in [0.2, 0.25) is 5.75 Å². The lowest BCUT2D eigenvalue weighted by atomic mass is 9.94. The van der Waals surface area contributed by atoms with Gasteiger partial charge in [-0.3, -0.25) is 14.5 Å². The number of ether oxygens (including phenoxy) is 5. The van der Waals surface area contributed by atoms with E-state index < -0.39 is 23.7 Å². The smallest absolute Gasteiger partial charge is 0.350 e. The Hall–Kier alpha value is -4.58. The van der Waals surface area contributed by atoms with Crippen LogP contribution in [0.1, 0.15) is 66.1 Å². The third-order valence-electron chi connectivity index (χ3n) is 7.07. The summed E-state index contributed by atoms with van der Waals surface area (Å²) in [4.78, 5) is 46.2. The van der Waals surface area contributed by atoms with E-state index in [1.807, 2.05) is 13.8 Å². The average Bonchev–Trinajstić information content (AvgIpc) is 3.54. The van der Waals surface area contributed by atoms with Crippen molar-refractivity contribution in [3.63, 3.8) is 0 Å². The number of Topliss-reactive ketones (excluding diaryl/α,β-unsaturated/α-hetero) is 1. The number of aryl methyl sites for hydroxylation is 1. The third-order valence-corrected chi connectivity index (χ3v) is 8.20. The molecule has 1 aliphatic rings. The van der Waals surface area contributed by atoms with E-state index in [1.54, 1.807) is 43.3 Å². The first-order valence-corrected chi connectivity index (χ1v) is 15.4. The number of unbranched alkanes of at least 4 members (excludes halogenated alkanes) is 1. The SMILES string of the molecule is CCCCOc1ccc(C(O)=C2C(=O)C(=O)N(c3nc(C)c(C(=O)OCC(C)C)s3)[C@H]2c2cc(OC)c(OC)c(OC)c2)cc1. The summed E-state index contributed by atoms with van der Waals surface area (Å²) in [5.74, 6) is -1.23. The minimum atomic E-state index is -1.16. The van der Waals surface area contributed by atoms with Crippen molar-refractivity contribution in [3.8, 4) is 23.0 Å². The summed E-state index contributed by atoms with van der Waals surface area (Å²) in [7, 11) is 4.35. The molecule has 1 aliphatic heterocycles. The molecule has 45 heavy (non-hydrogen) atoms. The zero-order chi connectivity index (χ0) is 32.8. The fourth-order valence-electron chi connectivity index (χ4n) is 4.79. The summed E-state index contributed by atoms with van der Waals surface area (Å²) in [5, 5.41) is 11.7. The fourth-order valence-corrected chi connectivity index (χ4v) is 5.77. The van der Waals surface area contributed by atoms with E-state index in [4.69, 9.17) is 23.7 Å². The van der Waals surface area contributed by atoms with Crippen LogP contribution in [0.3, 0.4) is 0 Å². The maximum atomic E-state index is 13.7. The molecule has 0 spiro atoms. The molecule has 0 saturated carbocycles. The number of methoxy groups -OCH3 is 3. The lowest BCUT2D eigenvalue weighted by molar-refractivity contribution is -0.132. The van der Waals surface area contributed by atoms with Crippen molar-refractivity contribution >= 4 is 39.9 Å². The van der Waals surface area contributed by atoms with E-state index in [1.165, 1.54) is 26.2 Å². The van der Waals surface area contributed by atoms with Crippen LogP contribution in [0.2, 0.25) is 0 Å². The molecule has 2 heterocycles. The lowest BCUT2D eigenvalue weighted by Gasteiger charge is -2.24. The summed E-state index contributed by atoms with van der Waals surface area (Å²) in [6.07, 6.45) is 1.88. The van der Waals surface area contributed by atoms with Crippen LogP contribution in [0, 0.1) is 12.8 Å². The number of aliphatic hydroxyl groups is 1. The highest BCUT2D eigenvalue weighted by atomic mass is 32.1. The fraction of sp³-hybridized carbons (Fsp3) is 0.394. The topological polar surface area (TPSA) is 134 Å². The number of thiazole rings is 1. The molecule has 0 radical (unpaired) electrons. The molecular formula is C33H38N2O9S. The number of aromatic nitrogens is 1. The zero-order valence-corrected chi connectivity index (χ0v) is 27.3. The first-order chi connectivity index (χ1) is 21.6. The number of ketones is 1. The van der Waals surface area contributed by atoms with Gasteiger partial charge in [-0.25, -0.2) is 9.78 Å². The Balaban J connectivity index is 1.88. The number of amides is 1. The number of benzene rings is 2. The van der Waals surface area contributed by atoms with E-state index in [0.717, 1.165) is 24.2 Å². The largest absolute Gasteiger partial charge is 0.507 e. The molecule has 1 amide bonds. The van der Waals surface area contributed by atoms with Gasteiger partial charge in [-0.2, -0.15) is 0 Å². The van der Waals surface area contributed by atoms with Crippen molar-refractivity contribution in [2.45, 2.75) is 46.6 Å². The molecule has 0 bridgehead atoms. The maximum Gasteiger partial charge on any atom is 0.350 e. The Morgan fingerprint density at radius 3 is 2.24 bits per heavy atom. The highest BCUT2D eigenvalue weighted by Gasteiger charge is 2.49. The van der Waals surface area contributed by atoms with Crippen LogP contribution in [0.5, 0.6) is 23.0 Å². The third kappa shape index (κ3) is 6.90. The highest BCUT2D eigenvalue weighted by molar-refractivity contribution is 7.17. The van der Waals surface area contributed by atoms with Crippen molar-refractivity contribution in [1.82, 2.24) is 4.98 Å². The van der Waals surface area contributed by atoms with Gasteiger partial charge >= 0.3 is 11.9 Å². The molecule has 0 unspecified atom stereocenters. The Morgan fingerprint density at radius 1 is 1.04 bits per heavy atom. The molecule has 1 N–H and O–H groups in total. The van der Waals surface area contributed by atoms with E-state index in [2.05, 4.69) is 11.9 Å². The van der Waals surface area contributed by atoms with Gasteiger partial charge in [-0.1, -0.05) is 38.5 Å². The van der Waals surface area contributed by atoms with Crippen LogP contribution < -0.4 is 23.8 Å². The normalized spacial score (nSPS) is 15.8. The second-order valence-corrected chi connectivity index (χ2v) is 11.7. The zero-order valence-electron chi connectivity index (χ0n) is 26.5. The predicted octanol–water partition coefficient (Wildman–Crippen LogP) is 6.10. The first kappa shape index (κ1) is 33.3. The molecule has 1 fully saturated rings. The monoisotopic (exact) mass is 638 g/mol. The van der Waals surface area contributed by atoms with E-state index >= 15 is 0 Å². The van der Waals surface area contributed by atoms with Gasteiger partial charge in [-0.15, -0.1) is 0 Å². The van der Waals surface area contributed by atoms with Crippen molar-refractivity contribution < 1.29 is 43.2 Å². The highest BCUT2D eigenvalue weighted by Crippen LogP contribution is 2.48. The summed E-state index contributed by atoms with van der Waals surface area (Å²) >= 11 is 0.928. The maximum absolute atomic E-state index is 13.7. The Labute approximate surface area is 266 Å². The Kier molecular flexibility index (Phi) is 10.7. The van der Waals surface area contributed by atoms with Gasteiger partial charge in [0.25, 0.3) is 5.78 Å². The summed E-state index contributed by atoms with van der Waals surface area (Å²) < 4.78 is 27.7. The minimum Gasteiger partial charge on any atom is -0.507 e. The number of nitrogens with zero attached hydrogens (tertiary/aromatic N) is 2. The van der Waals surface area contributed by atoms with Crippen LogP contribution in [-0.2, 0) is 14.3 Å². The number of hydrogen-bond acceptors (Lipinski definition) is 11. The molecule has 0 aliphatic carbocycles. The second kappa shape index (κ2) is 14.5. The second-order valence-electron chi connectivity index (χ2n) is 10.8. The van der Waals surface area contributed by atoms with Gasteiger partial charge in [0.1, 0.15) is 16.4 Å². The van der Waals surface area contributed by atoms with Gasteiger partial charge in [0.05, 0.1) is 51.9 Å². The quantitative estimate of drug-likeness (QED) is 0.0770. The molecule has 240 valence electrons. The molecular weight excluding hydrogens is 600 g/mol. The Bertz CT molecular complexity index is 1570. The number of carbonyl (C=O) groups is 3.